The van der Waals surface area contributed by atoms with E-state index in [-0.39, 0.29) is 30.4 Å². The lowest BCUT2D eigenvalue weighted by Gasteiger charge is -2.01. The van der Waals surface area contributed by atoms with Gasteiger partial charge in [0.25, 0.3) is 5.91 Å². The molecule has 12 heteroatoms. The first-order valence-corrected chi connectivity index (χ1v) is 6.05. The molecule has 12 nitrogen and oxygen atoms in total. The molecule has 0 aliphatic carbocycles. The molecule has 0 spiro atoms. The van der Waals surface area contributed by atoms with Crippen molar-refractivity contribution < 1.29 is 14.6 Å². The van der Waals surface area contributed by atoms with Crippen LogP contribution in [0.1, 0.15) is 16.2 Å². The average molecular weight is 309 g/mol. The van der Waals surface area contributed by atoms with E-state index in [1.165, 1.54) is 10.7 Å². The number of aryl methyl sites for hydroxylation is 1. The number of nitrogens with zero attached hydrogens (tertiary/aromatic N) is 5. The molecule has 2 heterocycles. The molecule has 0 aliphatic rings. The predicted molar refractivity (Wildman–Crippen MR) is 71.2 cm³/mol. The third-order valence-corrected chi connectivity index (χ3v) is 2.76. The molecule has 0 bridgehead atoms. The first-order chi connectivity index (χ1) is 10.4. The summed E-state index contributed by atoms with van der Waals surface area (Å²) in [7, 11) is 0. The smallest absolute Gasteiger partial charge is 0.358 e. The molecule has 0 radical (unpaired) electrons. The van der Waals surface area contributed by atoms with Crippen molar-refractivity contribution in [1.82, 2.24) is 25.3 Å². The third kappa shape index (κ3) is 3.23. The fourth-order valence-corrected chi connectivity index (χ4v) is 1.70. The molecule has 0 aliphatic heterocycles. The first kappa shape index (κ1) is 15.1. The summed E-state index contributed by atoms with van der Waals surface area (Å²) in [5.41, 5.74) is 0.464. The molecular formula is C10H11N7O5. The maximum Gasteiger partial charge on any atom is 0.390 e. The van der Waals surface area contributed by atoms with Crippen LogP contribution in [-0.2, 0) is 6.54 Å². The van der Waals surface area contributed by atoms with Crippen molar-refractivity contribution in [3.05, 3.63) is 43.7 Å². The standard InChI is InChI=1S/C10H11N7O5/c1-6-4-9(17(21)22)14-15(6)3-2-11-10(18)7-5-8(13-12-7)16(19)20/h4-5H,2-3H2,1H3,(H,11,18)(H,12,13). The van der Waals surface area contributed by atoms with Crippen LogP contribution in [0.25, 0.3) is 0 Å². The van der Waals surface area contributed by atoms with E-state index in [1.807, 2.05) is 0 Å². The van der Waals surface area contributed by atoms with Gasteiger partial charge >= 0.3 is 11.6 Å². The molecule has 0 atom stereocenters. The molecule has 2 aromatic rings. The van der Waals surface area contributed by atoms with E-state index in [1.54, 1.807) is 6.92 Å². The van der Waals surface area contributed by atoms with Gasteiger partial charge in [0.2, 0.25) is 0 Å². The van der Waals surface area contributed by atoms with Gasteiger partial charge in [-0.25, -0.2) is 0 Å². The van der Waals surface area contributed by atoms with E-state index < -0.39 is 15.8 Å². The number of amides is 1. The van der Waals surface area contributed by atoms with E-state index in [4.69, 9.17) is 0 Å². The Morgan fingerprint density at radius 2 is 2.09 bits per heavy atom. The second kappa shape index (κ2) is 5.99. The lowest BCUT2D eigenvalue weighted by atomic mass is 10.4. The number of rotatable bonds is 6. The molecule has 2 aromatic heterocycles. The van der Waals surface area contributed by atoms with Crippen LogP contribution < -0.4 is 5.32 Å². The molecule has 2 rings (SSSR count). The highest BCUT2D eigenvalue weighted by Gasteiger charge is 2.17. The van der Waals surface area contributed by atoms with Gasteiger partial charge in [0, 0.05) is 6.54 Å². The van der Waals surface area contributed by atoms with E-state index in [0.29, 0.717) is 5.69 Å². The molecule has 22 heavy (non-hydrogen) atoms. The quantitative estimate of drug-likeness (QED) is 0.567. The van der Waals surface area contributed by atoms with Crippen LogP contribution in [0.15, 0.2) is 12.1 Å². The molecular weight excluding hydrogens is 298 g/mol. The van der Waals surface area contributed by atoms with Gasteiger partial charge in [-0.2, -0.15) is 4.68 Å². The van der Waals surface area contributed by atoms with Gasteiger partial charge in [-0.05, 0) is 16.8 Å². The van der Waals surface area contributed by atoms with Gasteiger partial charge in [0.05, 0.1) is 29.5 Å². The molecule has 0 saturated heterocycles. The van der Waals surface area contributed by atoms with Crippen molar-refractivity contribution >= 4 is 17.5 Å². The minimum Gasteiger partial charge on any atom is -0.358 e. The van der Waals surface area contributed by atoms with E-state index in [0.717, 1.165) is 6.07 Å². The Morgan fingerprint density at radius 1 is 1.36 bits per heavy atom. The maximum absolute atomic E-state index is 11.7. The van der Waals surface area contributed by atoms with Gasteiger partial charge in [-0.1, -0.05) is 5.10 Å². The Labute approximate surface area is 122 Å². The highest BCUT2D eigenvalue weighted by molar-refractivity contribution is 5.92. The SMILES string of the molecule is Cc1cc([N+](=O)[O-])nn1CCNC(=O)c1cc([N+](=O)[O-])[nH]n1. The summed E-state index contributed by atoms with van der Waals surface area (Å²) in [5, 5.41) is 32.9. The number of hydrogen-bond donors (Lipinski definition) is 2. The lowest BCUT2D eigenvalue weighted by Crippen LogP contribution is -2.28. The summed E-state index contributed by atoms with van der Waals surface area (Å²) < 4.78 is 1.38. The van der Waals surface area contributed by atoms with E-state index in [9.17, 15) is 25.0 Å². The first-order valence-electron chi connectivity index (χ1n) is 6.05. The summed E-state index contributed by atoms with van der Waals surface area (Å²) in [6.07, 6.45) is 0. The predicted octanol–water partition coefficient (Wildman–Crippen LogP) is 0.161. The molecule has 0 saturated carbocycles. The highest BCUT2D eigenvalue weighted by atomic mass is 16.6. The Morgan fingerprint density at radius 3 is 2.64 bits per heavy atom. The monoisotopic (exact) mass is 309 g/mol. The van der Waals surface area contributed by atoms with Crippen molar-refractivity contribution in [1.29, 1.82) is 0 Å². The highest BCUT2D eigenvalue weighted by Crippen LogP contribution is 2.10. The summed E-state index contributed by atoms with van der Waals surface area (Å²) in [5.74, 6) is -1.25. The number of aromatic nitrogens is 4. The van der Waals surface area contributed by atoms with Crippen molar-refractivity contribution in [2.24, 2.45) is 0 Å². The topological polar surface area (TPSA) is 162 Å². The maximum atomic E-state index is 11.7. The number of nitro groups is 2. The number of aromatic amines is 1. The molecule has 0 aromatic carbocycles. The number of nitrogens with one attached hydrogen (secondary N) is 2. The number of hydrogen-bond acceptors (Lipinski definition) is 7. The van der Waals surface area contributed by atoms with Crippen LogP contribution >= 0.6 is 0 Å². The molecule has 0 unspecified atom stereocenters. The summed E-state index contributed by atoms with van der Waals surface area (Å²) in [6, 6.07) is 2.33. The van der Waals surface area contributed by atoms with Gasteiger partial charge in [-0.3, -0.25) is 4.79 Å². The Bertz CT molecular complexity index is 734. The van der Waals surface area contributed by atoms with Gasteiger partial charge in [-0.15, -0.1) is 5.10 Å². The molecule has 0 fully saturated rings. The van der Waals surface area contributed by atoms with Crippen molar-refractivity contribution in [2.75, 3.05) is 6.54 Å². The normalized spacial score (nSPS) is 10.4. The molecule has 2 N–H and O–H groups in total. The number of carbonyl (C=O) groups is 1. The second-order valence-electron chi connectivity index (χ2n) is 4.28. The lowest BCUT2D eigenvalue weighted by molar-refractivity contribution is -0.389. The van der Waals surface area contributed by atoms with Gasteiger partial charge in [0.1, 0.15) is 0 Å². The zero-order chi connectivity index (χ0) is 16.3. The molecule has 116 valence electrons. The fourth-order valence-electron chi connectivity index (χ4n) is 1.70. The van der Waals surface area contributed by atoms with Crippen LogP contribution in [0, 0.1) is 27.2 Å². The minimum atomic E-state index is -0.698. The van der Waals surface area contributed by atoms with Crippen molar-refractivity contribution in [3.8, 4) is 0 Å². The Kier molecular flexibility index (Phi) is 4.11. The Balaban J connectivity index is 1.91. The zero-order valence-electron chi connectivity index (χ0n) is 11.3. The zero-order valence-corrected chi connectivity index (χ0v) is 11.3. The van der Waals surface area contributed by atoms with Gasteiger partial charge < -0.3 is 25.5 Å². The van der Waals surface area contributed by atoms with Crippen LogP contribution in [0.5, 0.6) is 0 Å². The van der Waals surface area contributed by atoms with Crippen molar-refractivity contribution in [2.45, 2.75) is 13.5 Å². The van der Waals surface area contributed by atoms with Crippen LogP contribution in [-0.4, -0.2) is 42.3 Å². The Hall–Kier alpha value is -3.31. The summed E-state index contributed by atoms with van der Waals surface area (Å²) in [4.78, 5) is 31.5. The van der Waals surface area contributed by atoms with Crippen LogP contribution in [0.2, 0.25) is 0 Å². The fraction of sp³-hybridized carbons (Fsp3) is 0.300. The largest absolute Gasteiger partial charge is 0.390 e. The van der Waals surface area contributed by atoms with Crippen LogP contribution in [0.3, 0.4) is 0 Å². The minimum absolute atomic E-state index is 0.116. The van der Waals surface area contributed by atoms with Gasteiger partial charge in [0.15, 0.2) is 5.69 Å². The number of H-pyrrole nitrogens is 1. The van der Waals surface area contributed by atoms with E-state index in [2.05, 4.69) is 20.6 Å². The van der Waals surface area contributed by atoms with E-state index >= 15 is 0 Å². The number of carbonyl (C=O) groups excluding carboxylic acids is 1. The van der Waals surface area contributed by atoms with Crippen molar-refractivity contribution in [3.63, 3.8) is 0 Å². The third-order valence-electron chi connectivity index (χ3n) is 2.76. The second-order valence-corrected chi connectivity index (χ2v) is 4.28. The molecule has 1 amide bonds. The van der Waals surface area contributed by atoms with Crippen LogP contribution in [0.4, 0.5) is 11.6 Å². The summed E-state index contributed by atoms with van der Waals surface area (Å²) >= 11 is 0. The summed E-state index contributed by atoms with van der Waals surface area (Å²) in [6.45, 7) is 2.01. The average Bonchev–Trinajstić information content (AvgIpc) is 3.06.